The van der Waals surface area contributed by atoms with Crippen molar-refractivity contribution in [1.82, 2.24) is 0 Å². The molecule has 0 atom stereocenters. The average Bonchev–Trinajstić information content (AvgIpc) is 2.17. The van der Waals surface area contributed by atoms with Crippen LogP contribution in [0.1, 0.15) is 10.4 Å². The highest BCUT2D eigenvalue weighted by Crippen LogP contribution is 2.30. The number of benzene rings is 1. The fourth-order valence-corrected chi connectivity index (χ4v) is 0.949. The van der Waals surface area contributed by atoms with Crippen molar-refractivity contribution in [3.8, 4) is 5.75 Å². The van der Waals surface area contributed by atoms with E-state index in [0.29, 0.717) is 12.1 Å². The molecule has 0 fully saturated rings. The first-order valence-corrected chi connectivity index (χ1v) is 3.56. The van der Waals surface area contributed by atoms with E-state index < -0.39 is 32.5 Å². The normalized spacial score (nSPS) is 9.60. The van der Waals surface area contributed by atoms with Crippen molar-refractivity contribution in [3.63, 3.8) is 0 Å². The number of aldehydes is 1. The van der Waals surface area contributed by atoms with E-state index in [0.717, 1.165) is 0 Å². The zero-order chi connectivity index (χ0) is 11.6. The van der Waals surface area contributed by atoms with Gasteiger partial charge in [0.25, 0.3) is 11.4 Å². The van der Waals surface area contributed by atoms with Crippen molar-refractivity contribution in [2.24, 2.45) is 0 Å². The lowest BCUT2D eigenvalue weighted by molar-refractivity contribution is -0.403. The van der Waals surface area contributed by atoms with Gasteiger partial charge in [-0.15, -0.1) is 0 Å². The minimum absolute atomic E-state index is 0.0440. The van der Waals surface area contributed by atoms with Crippen LogP contribution in [0.2, 0.25) is 0 Å². The van der Waals surface area contributed by atoms with Gasteiger partial charge >= 0.3 is 0 Å². The molecule has 1 aromatic rings. The number of hydrogen-bond donors (Lipinski definition) is 0. The van der Waals surface area contributed by atoms with Crippen LogP contribution in [0.5, 0.6) is 5.75 Å². The molecule has 1 rings (SSSR count). The maximum absolute atomic E-state index is 11.1. The standard InChI is InChI=1S/C7H4N2O6/c10-3-4-1-5(8(12)13)2-6(7(4)11)9(14)15/h1-3,11H/p-1. The van der Waals surface area contributed by atoms with Crippen molar-refractivity contribution >= 4 is 17.7 Å². The van der Waals surface area contributed by atoms with E-state index in [1.165, 1.54) is 0 Å². The number of non-ortho nitro benzene ring substituents is 1. The Bertz CT molecular complexity index is 455. The number of hydrogen-bond acceptors (Lipinski definition) is 6. The van der Waals surface area contributed by atoms with Crippen LogP contribution >= 0.6 is 0 Å². The van der Waals surface area contributed by atoms with E-state index in [1.54, 1.807) is 0 Å². The van der Waals surface area contributed by atoms with Crippen LogP contribution in [-0.2, 0) is 0 Å². The Labute approximate surface area is 82.1 Å². The number of nitrogens with zero attached hydrogens (tertiary/aromatic N) is 2. The number of rotatable bonds is 3. The van der Waals surface area contributed by atoms with Crippen LogP contribution in [0.4, 0.5) is 11.4 Å². The van der Waals surface area contributed by atoms with Crippen LogP contribution in [0.3, 0.4) is 0 Å². The third-order valence-electron chi connectivity index (χ3n) is 1.62. The van der Waals surface area contributed by atoms with Crippen LogP contribution in [0.25, 0.3) is 0 Å². The molecule has 8 heteroatoms. The maximum Gasteiger partial charge on any atom is 0.276 e. The highest BCUT2D eigenvalue weighted by atomic mass is 16.6. The van der Waals surface area contributed by atoms with Crippen LogP contribution in [0.15, 0.2) is 12.1 Å². The van der Waals surface area contributed by atoms with Gasteiger partial charge in [0.05, 0.1) is 15.9 Å². The van der Waals surface area contributed by atoms with Crippen LogP contribution in [-0.4, -0.2) is 16.1 Å². The van der Waals surface area contributed by atoms with E-state index in [1.807, 2.05) is 0 Å². The topological polar surface area (TPSA) is 126 Å². The van der Waals surface area contributed by atoms with E-state index in [-0.39, 0.29) is 6.29 Å². The molecule has 1 aromatic carbocycles. The molecule has 78 valence electrons. The average molecular weight is 211 g/mol. The number of carbonyl (C=O) groups excluding carboxylic acids is 1. The van der Waals surface area contributed by atoms with Gasteiger partial charge in [-0.1, -0.05) is 0 Å². The first kappa shape index (κ1) is 10.6. The molecule has 0 amide bonds. The fraction of sp³-hybridized carbons (Fsp3) is 0. The zero-order valence-electron chi connectivity index (χ0n) is 7.08. The van der Waals surface area contributed by atoms with E-state index in [4.69, 9.17) is 0 Å². The monoisotopic (exact) mass is 211 g/mol. The molecule has 0 spiro atoms. The molecule has 0 aliphatic carbocycles. The molecule has 0 saturated heterocycles. The van der Waals surface area contributed by atoms with Gasteiger partial charge in [0.15, 0.2) is 0 Å². The van der Waals surface area contributed by atoms with Gasteiger partial charge in [-0.2, -0.15) is 0 Å². The number of nitro groups is 2. The van der Waals surface area contributed by atoms with Crippen molar-refractivity contribution in [3.05, 3.63) is 37.9 Å². The smallest absolute Gasteiger partial charge is 0.276 e. The Morgan fingerprint density at radius 3 is 2.13 bits per heavy atom. The molecule has 8 nitrogen and oxygen atoms in total. The molecule has 0 bridgehead atoms. The van der Waals surface area contributed by atoms with Gasteiger partial charge < -0.3 is 5.11 Å². The molecule has 0 aliphatic rings. The Morgan fingerprint density at radius 2 is 1.73 bits per heavy atom. The van der Waals surface area contributed by atoms with Crippen molar-refractivity contribution in [2.45, 2.75) is 0 Å². The van der Waals surface area contributed by atoms with E-state index in [9.17, 15) is 30.1 Å². The van der Waals surface area contributed by atoms with Gasteiger partial charge in [-0.25, -0.2) is 0 Å². The minimum atomic E-state index is -1.12. The molecule has 0 heterocycles. The lowest BCUT2D eigenvalue weighted by Crippen LogP contribution is -2.03. The first-order valence-electron chi connectivity index (χ1n) is 3.56. The molecule has 0 radical (unpaired) electrons. The summed E-state index contributed by atoms with van der Waals surface area (Å²) in [5, 5.41) is 31.8. The second kappa shape index (κ2) is 3.70. The molecule has 0 saturated carbocycles. The molecular formula is C7H3N2O6-. The summed E-state index contributed by atoms with van der Waals surface area (Å²) in [5.74, 6) is -1.12. The van der Waals surface area contributed by atoms with Crippen molar-refractivity contribution in [1.29, 1.82) is 0 Å². The molecule has 15 heavy (non-hydrogen) atoms. The predicted octanol–water partition coefficient (Wildman–Crippen LogP) is 0.389. The Morgan fingerprint density at radius 1 is 1.13 bits per heavy atom. The Balaban J connectivity index is 3.51. The highest BCUT2D eigenvalue weighted by Gasteiger charge is 2.18. The number of carbonyl (C=O) groups is 1. The van der Waals surface area contributed by atoms with E-state index >= 15 is 0 Å². The second-order valence-electron chi connectivity index (χ2n) is 2.52. The van der Waals surface area contributed by atoms with Crippen LogP contribution in [0, 0.1) is 20.2 Å². The molecule has 0 N–H and O–H groups in total. The summed E-state index contributed by atoms with van der Waals surface area (Å²) < 4.78 is 0. The SMILES string of the molecule is O=Cc1cc([N+](=O)[O-])cc([N+](=O)[O-])c1[O-]. The summed E-state index contributed by atoms with van der Waals surface area (Å²) in [6, 6.07) is 1.22. The first-order chi connectivity index (χ1) is 6.97. The largest absolute Gasteiger partial charge is 0.867 e. The summed E-state index contributed by atoms with van der Waals surface area (Å²) in [4.78, 5) is 29.0. The summed E-state index contributed by atoms with van der Waals surface area (Å²) in [7, 11) is 0. The maximum atomic E-state index is 11.1. The molecule has 0 unspecified atom stereocenters. The van der Waals surface area contributed by atoms with Gasteiger partial charge in [0.2, 0.25) is 0 Å². The zero-order valence-corrected chi connectivity index (χ0v) is 7.08. The third kappa shape index (κ3) is 1.88. The van der Waals surface area contributed by atoms with Crippen molar-refractivity contribution < 1.29 is 19.7 Å². The minimum Gasteiger partial charge on any atom is -0.867 e. The van der Waals surface area contributed by atoms with Gasteiger partial charge in [0, 0.05) is 11.6 Å². The summed E-state index contributed by atoms with van der Waals surface area (Å²) in [6.07, 6.45) is 0.0440. The van der Waals surface area contributed by atoms with Gasteiger partial charge in [-0.05, 0) is 5.75 Å². The molecule has 0 aromatic heterocycles. The highest BCUT2D eigenvalue weighted by molar-refractivity contribution is 5.83. The van der Waals surface area contributed by atoms with Gasteiger partial charge in [-0.3, -0.25) is 25.0 Å². The number of nitro benzene ring substituents is 2. The summed E-state index contributed by atoms with van der Waals surface area (Å²) in [5.41, 5.74) is -2.24. The van der Waals surface area contributed by atoms with Crippen molar-refractivity contribution in [2.75, 3.05) is 0 Å². The lowest BCUT2D eigenvalue weighted by atomic mass is 10.1. The Hall–Kier alpha value is -2.51. The third-order valence-corrected chi connectivity index (χ3v) is 1.62. The Kier molecular flexibility index (Phi) is 2.61. The molecule has 0 aliphatic heterocycles. The summed E-state index contributed by atoms with van der Waals surface area (Å²) in [6.45, 7) is 0. The quantitative estimate of drug-likeness (QED) is 0.404. The van der Waals surface area contributed by atoms with Crippen LogP contribution < -0.4 is 5.11 Å². The predicted molar refractivity (Wildman–Crippen MR) is 44.6 cm³/mol. The van der Waals surface area contributed by atoms with Gasteiger partial charge in [0.1, 0.15) is 6.29 Å². The van der Waals surface area contributed by atoms with E-state index in [2.05, 4.69) is 0 Å². The summed E-state index contributed by atoms with van der Waals surface area (Å²) >= 11 is 0. The second-order valence-corrected chi connectivity index (χ2v) is 2.52. The lowest BCUT2D eigenvalue weighted by Gasteiger charge is -2.08. The fourth-order valence-electron chi connectivity index (χ4n) is 0.949. The molecular weight excluding hydrogens is 208 g/mol.